The van der Waals surface area contributed by atoms with E-state index >= 15 is 0 Å². The molecule has 3 heteroatoms. The highest BCUT2D eigenvalue weighted by Crippen LogP contribution is 2.37. The average Bonchev–Trinajstić information content (AvgIpc) is 2.38. The van der Waals surface area contributed by atoms with Gasteiger partial charge in [-0.05, 0) is 17.7 Å². The first-order chi connectivity index (χ1) is 8.27. The van der Waals surface area contributed by atoms with Crippen LogP contribution < -0.4 is 0 Å². The molecule has 0 aliphatic carbocycles. The largest absolute Gasteiger partial charge is 0.284 e. The first-order valence-electron chi connectivity index (χ1n) is 5.11. The molecule has 0 aliphatic rings. The van der Waals surface area contributed by atoms with E-state index < -0.39 is 6.08 Å². The SMILES string of the molecule is FC(F)=C(Sc1ccccc1)c1ccccc1. The van der Waals surface area contributed by atoms with Crippen molar-refractivity contribution in [1.82, 2.24) is 0 Å². The zero-order chi connectivity index (χ0) is 12.1. The lowest BCUT2D eigenvalue weighted by atomic mass is 10.2. The van der Waals surface area contributed by atoms with Gasteiger partial charge in [0.15, 0.2) is 0 Å². The monoisotopic (exact) mass is 248 g/mol. The van der Waals surface area contributed by atoms with Crippen LogP contribution >= 0.6 is 11.8 Å². The van der Waals surface area contributed by atoms with Gasteiger partial charge < -0.3 is 0 Å². The van der Waals surface area contributed by atoms with Gasteiger partial charge in [0, 0.05) is 4.90 Å². The van der Waals surface area contributed by atoms with Gasteiger partial charge in [-0.15, -0.1) is 0 Å². The molecule has 0 spiro atoms. The molecule has 0 aromatic heterocycles. The third-order valence-electron chi connectivity index (χ3n) is 2.17. The maximum absolute atomic E-state index is 12.9. The minimum absolute atomic E-state index is 0.0109. The quantitative estimate of drug-likeness (QED) is 0.685. The van der Waals surface area contributed by atoms with Crippen molar-refractivity contribution in [3.63, 3.8) is 0 Å². The van der Waals surface area contributed by atoms with Crippen molar-refractivity contribution in [2.24, 2.45) is 0 Å². The van der Waals surface area contributed by atoms with Crippen LogP contribution in [0, 0.1) is 0 Å². The molecule has 0 fully saturated rings. The van der Waals surface area contributed by atoms with E-state index in [2.05, 4.69) is 0 Å². The Bertz CT molecular complexity index is 502. The molecule has 17 heavy (non-hydrogen) atoms. The molecule has 2 aromatic rings. The van der Waals surface area contributed by atoms with Crippen molar-refractivity contribution in [2.75, 3.05) is 0 Å². The first-order valence-corrected chi connectivity index (χ1v) is 5.92. The average molecular weight is 248 g/mol. The molecular formula is C14H10F2S. The number of thioether (sulfide) groups is 1. The second-order valence-electron chi connectivity index (χ2n) is 3.37. The number of benzene rings is 2. The van der Waals surface area contributed by atoms with E-state index in [1.165, 1.54) is 0 Å². The van der Waals surface area contributed by atoms with Gasteiger partial charge in [-0.2, -0.15) is 8.78 Å². The fourth-order valence-corrected chi connectivity index (χ4v) is 2.26. The van der Waals surface area contributed by atoms with Crippen LogP contribution in [-0.2, 0) is 0 Å². The van der Waals surface area contributed by atoms with Crippen molar-refractivity contribution in [3.05, 3.63) is 72.3 Å². The molecule has 0 saturated carbocycles. The summed E-state index contributed by atoms with van der Waals surface area (Å²) in [7, 11) is 0. The van der Waals surface area contributed by atoms with Crippen molar-refractivity contribution in [3.8, 4) is 0 Å². The van der Waals surface area contributed by atoms with Crippen molar-refractivity contribution < 1.29 is 8.78 Å². The molecule has 86 valence electrons. The number of hydrogen-bond acceptors (Lipinski definition) is 1. The van der Waals surface area contributed by atoms with Gasteiger partial charge in [-0.1, -0.05) is 60.3 Å². The highest BCUT2D eigenvalue weighted by molar-refractivity contribution is 8.08. The summed E-state index contributed by atoms with van der Waals surface area (Å²) in [5.41, 5.74) is 0.543. The van der Waals surface area contributed by atoms with Gasteiger partial charge in [0.05, 0.1) is 4.91 Å². The van der Waals surface area contributed by atoms with Gasteiger partial charge in [0.25, 0.3) is 6.08 Å². The lowest BCUT2D eigenvalue weighted by Crippen LogP contribution is -1.81. The normalized spacial score (nSPS) is 10.0. The topological polar surface area (TPSA) is 0 Å². The van der Waals surface area contributed by atoms with E-state index in [4.69, 9.17) is 0 Å². The maximum atomic E-state index is 12.9. The van der Waals surface area contributed by atoms with E-state index in [1.807, 2.05) is 36.4 Å². The molecule has 0 radical (unpaired) electrons. The summed E-state index contributed by atoms with van der Waals surface area (Å²) in [4.78, 5) is 0.816. The van der Waals surface area contributed by atoms with E-state index in [-0.39, 0.29) is 4.91 Å². The first kappa shape index (κ1) is 11.9. The summed E-state index contributed by atoms with van der Waals surface area (Å²) in [5.74, 6) is 0. The number of halogens is 2. The van der Waals surface area contributed by atoms with Crippen LogP contribution in [0.3, 0.4) is 0 Å². The Morgan fingerprint density at radius 1 is 0.765 bits per heavy atom. The van der Waals surface area contributed by atoms with Crippen LogP contribution in [0.25, 0.3) is 4.91 Å². The van der Waals surface area contributed by atoms with Gasteiger partial charge in [-0.3, -0.25) is 0 Å². The lowest BCUT2D eigenvalue weighted by molar-refractivity contribution is 0.428. The van der Waals surface area contributed by atoms with E-state index in [0.29, 0.717) is 5.56 Å². The minimum atomic E-state index is -1.65. The summed E-state index contributed by atoms with van der Waals surface area (Å²) in [6, 6.07) is 17.9. The Balaban J connectivity index is 2.31. The molecule has 0 aliphatic heterocycles. The molecule has 2 rings (SSSR count). The van der Waals surface area contributed by atoms with Crippen molar-refractivity contribution >= 4 is 16.7 Å². The van der Waals surface area contributed by atoms with Crippen LogP contribution in [0.15, 0.2) is 71.6 Å². The fourth-order valence-electron chi connectivity index (χ4n) is 1.40. The fraction of sp³-hybridized carbons (Fsp3) is 0. The van der Waals surface area contributed by atoms with Gasteiger partial charge >= 0.3 is 0 Å². The summed E-state index contributed by atoms with van der Waals surface area (Å²) in [6.07, 6.45) is -1.65. The molecule has 0 nitrogen and oxygen atoms in total. The number of rotatable bonds is 3. The Morgan fingerprint density at radius 2 is 1.29 bits per heavy atom. The molecule has 0 bridgehead atoms. The van der Waals surface area contributed by atoms with Gasteiger partial charge in [-0.25, -0.2) is 0 Å². The second kappa shape index (κ2) is 5.64. The smallest absolute Gasteiger partial charge is 0.172 e. The predicted molar refractivity (Wildman–Crippen MR) is 67.9 cm³/mol. The molecule has 2 aromatic carbocycles. The summed E-state index contributed by atoms with van der Waals surface area (Å²) in [6.45, 7) is 0. The van der Waals surface area contributed by atoms with Gasteiger partial charge in [0.1, 0.15) is 0 Å². The minimum Gasteiger partial charge on any atom is -0.172 e. The Kier molecular flexibility index (Phi) is 3.94. The van der Waals surface area contributed by atoms with Crippen LogP contribution in [0.1, 0.15) is 5.56 Å². The predicted octanol–water partition coefficient (Wildman–Crippen LogP) is 5.04. The third-order valence-corrected chi connectivity index (χ3v) is 3.27. The van der Waals surface area contributed by atoms with E-state index in [1.54, 1.807) is 24.3 Å². The Labute approximate surface area is 103 Å². The lowest BCUT2D eigenvalue weighted by Gasteiger charge is -2.05. The van der Waals surface area contributed by atoms with E-state index in [0.717, 1.165) is 16.7 Å². The number of hydrogen-bond donors (Lipinski definition) is 0. The standard InChI is InChI=1S/C14H10F2S/c15-14(16)13(11-7-3-1-4-8-11)17-12-9-5-2-6-10-12/h1-10H. The zero-order valence-corrected chi connectivity index (χ0v) is 9.75. The summed E-state index contributed by atoms with van der Waals surface area (Å²) in [5, 5.41) is 0. The van der Waals surface area contributed by atoms with E-state index in [9.17, 15) is 8.78 Å². The van der Waals surface area contributed by atoms with Crippen LogP contribution in [0.2, 0.25) is 0 Å². The molecular weight excluding hydrogens is 238 g/mol. The highest BCUT2D eigenvalue weighted by atomic mass is 32.2. The van der Waals surface area contributed by atoms with Gasteiger partial charge in [0.2, 0.25) is 0 Å². The highest BCUT2D eigenvalue weighted by Gasteiger charge is 2.10. The van der Waals surface area contributed by atoms with Crippen LogP contribution in [-0.4, -0.2) is 0 Å². The van der Waals surface area contributed by atoms with Crippen LogP contribution in [0.4, 0.5) is 8.78 Å². The van der Waals surface area contributed by atoms with Crippen LogP contribution in [0.5, 0.6) is 0 Å². The Morgan fingerprint density at radius 3 is 1.82 bits per heavy atom. The summed E-state index contributed by atoms with van der Waals surface area (Å²) >= 11 is 1.08. The second-order valence-corrected chi connectivity index (χ2v) is 4.45. The molecule has 0 amide bonds. The van der Waals surface area contributed by atoms with Crippen molar-refractivity contribution in [1.29, 1.82) is 0 Å². The maximum Gasteiger partial charge on any atom is 0.284 e. The van der Waals surface area contributed by atoms with Crippen molar-refractivity contribution in [2.45, 2.75) is 4.90 Å². The molecule has 0 unspecified atom stereocenters. The third kappa shape index (κ3) is 3.17. The Hall–Kier alpha value is -1.61. The molecule has 0 atom stereocenters. The molecule has 0 saturated heterocycles. The molecule has 0 N–H and O–H groups in total. The zero-order valence-electron chi connectivity index (χ0n) is 8.94. The summed E-state index contributed by atoms with van der Waals surface area (Å²) < 4.78 is 25.9. The molecule has 0 heterocycles.